The molecule has 0 N–H and O–H groups in total. The molecule has 0 aliphatic heterocycles. The lowest BCUT2D eigenvalue weighted by molar-refractivity contribution is 0.590. The predicted octanol–water partition coefficient (Wildman–Crippen LogP) is 2.02. The average Bonchev–Trinajstić information content (AvgIpc) is 2.42. The summed E-state index contributed by atoms with van der Waals surface area (Å²) in [6.07, 6.45) is 3.01. The van der Waals surface area contributed by atoms with Crippen molar-refractivity contribution in [2.45, 2.75) is 12.1 Å². The van der Waals surface area contributed by atoms with Crippen LogP contribution in [0.25, 0.3) is 0 Å². The van der Waals surface area contributed by atoms with Crippen molar-refractivity contribution in [1.82, 2.24) is 0 Å². The summed E-state index contributed by atoms with van der Waals surface area (Å²) in [5.41, 5.74) is 0.475. The number of allylic oxidation sites excluding steroid dienone is 1. The fraction of sp³-hybridized carbons (Fsp3) is 0.667. The standard InChI is InChI=1S/C6H10OP/c1-3-5-4-6(5)8(2)7/h3,5-6H,1,4H2,2H3/q+1/t5-,6?/m1/s1. The molecule has 2 unspecified atom stereocenters. The van der Waals surface area contributed by atoms with Crippen LogP contribution in [0.3, 0.4) is 0 Å². The van der Waals surface area contributed by atoms with Crippen LogP contribution < -0.4 is 0 Å². The molecule has 1 nitrogen and oxygen atoms in total. The van der Waals surface area contributed by atoms with Crippen LogP contribution in [-0.4, -0.2) is 12.3 Å². The molecule has 0 aromatic carbocycles. The summed E-state index contributed by atoms with van der Waals surface area (Å²) in [6.45, 7) is 5.42. The molecular weight excluding hydrogens is 119 g/mol. The summed E-state index contributed by atoms with van der Waals surface area (Å²) in [5.74, 6) is 0.573. The van der Waals surface area contributed by atoms with Crippen molar-refractivity contribution in [3.8, 4) is 0 Å². The molecule has 0 heterocycles. The molecule has 0 spiro atoms. The topological polar surface area (TPSA) is 17.1 Å². The van der Waals surface area contributed by atoms with Gasteiger partial charge in [0.2, 0.25) is 0 Å². The van der Waals surface area contributed by atoms with Crippen LogP contribution in [0.2, 0.25) is 0 Å². The largest absolute Gasteiger partial charge is 0.339 e. The normalized spacial score (nSPS) is 36.4. The highest BCUT2D eigenvalue weighted by Crippen LogP contribution is 2.48. The summed E-state index contributed by atoms with van der Waals surface area (Å²) in [4.78, 5) is 0. The molecule has 0 amide bonds. The van der Waals surface area contributed by atoms with Crippen LogP contribution in [0, 0.1) is 5.92 Å². The van der Waals surface area contributed by atoms with Crippen LogP contribution in [-0.2, 0) is 4.57 Å². The maximum atomic E-state index is 10.7. The van der Waals surface area contributed by atoms with Crippen LogP contribution in [0.4, 0.5) is 0 Å². The van der Waals surface area contributed by atoms with E-state index < -0.39 is 7.80 Å². The van der Waals surface area contributed by atoms with Gasteiger partial charge in [0, 0.05) is 12.3 Å². The molecule has 1 saturated carbocycles. The van der Waals surface area contributed by atoms with E-state index in [-0.39, 0.29) is 0 Å². The number of hydrogen-bond donors (Lipinski definition) is 0. The molecular formula is C6H10OP+. The summed E-state index contributed by atoms with van der Waals surface area (Å²) in [7, 11) is -0.915. The van der Waals surface area contributed by atoms with E-state index in [1.54, 1.807) is 6.66 Å². The number of rotatable bonds is 2. The van der Waals surface area contributed by atoms with Gasteiger partial charge < -0.3 is 0 Å². The zero-order chi connectivity index (χ0) is 6.15. The highest BCUT2D eigenvalue weighted by atomic mass is 31.1. The Morgan fingerprint density at radius 2 is 2.50 bits per heavy atom. The van der Waals surface area contributed by atoms with Crippen molar-refractivity contribution in [2.75, 3.05) is 6.66 Å². The first-order chi connectivity index (χ1) is 3.75. The molecule has 44 valence electrons. The molecule has 0 aromatic rings. The molecule has 0 aromatic heterocycles. The molecule has 2 heteroatoms. The van der Waals surface area contributed by atoms with Gasteiger partial charge in [0.15, 0.2) is 5.66 Å². The smallest absolute Gasteiger partial charge is 0.103 e. The molecule has 1 aliphatic carbocycles. The summed E-state index contributed by atoms with van der Waals surface area (Å²) in [5, 5.41) is 0. The minimum absolute atomic E-state index is 0.475. The highest BCUT2D eigenvalue weighted by Gasteiger charge is 2.47. The first kappa shape index (κ1) is 5.97. The van der Waals surface area contributed by atoms with Gasteiger partial charge in [-0.15, -0.1) is 6.58 Å². The van der Waals surface area contributed by atoms with Gasteiger partial charge in [-0.3, -0.25) is 0 Å². The monoisotopic (exact) mass is 129 g/mol. The van der Waals surface area contributed by atoms with Crippen LogP contribution >= 0.6 is 7.80 Å². The van der Waals surface area contributed by atoms with Gasteiger partial charge in [0.1, 0.15) is 6.66 Å². The zero-order valence-electron chi connectivity index (χ0n) is 5.00. The third-order valence-electron chi connectivity index (χ3n) is 1.57. The minimum atomic E-state index is -0.915. The van der Waals surface area contributed by atoms with Gasteiger partial charge in [0.25, 0.3) is 0 Å². The van der Waals surface area contributed by atoms with Gasteiger partial charge in [0.05, 0.1) is 0 Å². The van der Waals surface area contributed by atoms with Crippen molar-refractivity contribution in [3.05, 3.63) is 12.7 Å². The van der Waals surface area contributed by atoms with Gasteiger partial charge in [-0.25, -0.2) is 0 Å². The van der Waals surface area contributed by atoms with E-state index in [4.69, 9.17) is 0 Å². The lowest BCUT2D eigenvalue weighted by Gasteiger charge is -1.71. The summed E-state index contributed by atoms with van der Waals surface area (Å²) >= 11 is 0. The van der Waals surface area contributed by atoms with E-state index in [1.807, 2.05) is 6.08 Å². The third kappa shape index (κ3) is 0.976. The van der Waals surface area contributed by atoms with E-state index in [0.717, 1.165) is 6.42 Å². The Balaban J connectivity index is 2.36. The molecule has 3 atom stereocenters. The molecule has 1 fully saturated rings. The van der Waals surface area contributed by atoms with Crippen LogP contribution in [0.15, 0.2) is 12.7 Å². The first-order valence-corrected chi connectivity index (χ1v) is 4.56. The molecule has 1 rings (SSSR count). The Labute approximate surface area is 50.6 Å². The quantitative estimate of drug-likeness (QED) is 0.411. The average molecular weight is 129 g/mol. The molecule has 1 aliphatic rings. The summed E-state index contributed by atoms with van der Waals surface area (Å²) < 4.78 is 10.7. The Morgan fingerprint density at radius 3 is 2.62 bits per heavy atom. The maximum absolute atomic E-state index is 10.7. The first-order valence-electron chi connectivity index (χ1n) is 2.78. The van der Waals surface area contributed by atoms with Crippen molar-refractivity contribution in [2.24, 2.45) is 5.92 Å². The van der Waals surface area contributed by atoms with Crippen LogP contribution in [0.1, 0.15) is 6.42 Å². The van der Waals surface area contributed by atoms with Gasteiger partial charge >= 0.3 is 7.80 Å². The molecule has 0 saturated heterocycles. The number of hydrogen-bond acceptors (Lipinski definition) is 1. The van der Waals surface area contributed by atoms with Gasteiger partial charge in [-0.2, -0.15) is 0 Å². The fourth-order valence-corrected chi connectivity index (χ4v) is 2.07. The highest BCUT2D eigenvalue weighted by molar-refractivity contribution is 7.45. The second kappa shape index (κ2) is 1.99. The Hall–Kier alpha value is -0.160. The van der Waals surface area contributed by atoms with Crippen molar-refractivity contribution < 1.29 is 4.57 Å². The minimum Gasteiger partial charge on any atom is -0.103 e. The zero-order valence-corrected chi connectivity index (χ0v) is 5.90. The van der Waals surface area contributed by atoms with Crippen molar-refractivity contribution in [3.63, 3.8) is 0 Å². The van der Waals surface area contributed by atoms with Gasteiger partial charge in [-0.05, 0) is 0 Å². The molecule has 0 radical (unpaired) electrons. The van der Waals surface area contributed by atoms with E-state index in [0.29, 0.717) is 11.6 Å². The molecule has 0 bridgehead atoms. The second-order valence-corrected chi connectivity index (χ2v) is 4.00. The second-order valence-electron chi connectivity index (χ2n) is 2.25. The Bertz CT molecular complexity index is 130. The third-order valence-corrected chi connectivity index (χ3v) is 3.10. The summed E-state index contributed by atoms with van der Waals surface area (Å²) in [6, 6.07) is 0. The van der Waals surface area contributed by atoms with E-state index in [9.17, 15) is 4.57 Å². The van der Waals surface area contributed by atoms with E-state index in [1.165, 1.54) is 0 Å². The fourth-order valence-electron chi connectivity index (χ4n) is 0.872. The van der Waals surface area contributed by atoms with E-state index in [2.05, 4.69) is 6.58 Å². The van der Waals surface area contributed by atoms with Gasteiger partial charge in [-0.1, -0.05) is 10.6 Å². The molecule has 8 heavy (non-hydrogen) atoms. The predicted molar refractivity (Wildman–Crippen MR) is 35.6 cm³/mol. The Kier molecular flexibility index (Phi) is 1.48. The Morgan fingerprint density at radius 1 is 1.88 bits per heavy atom. The van der Waals surface area contributed by atoms with Crippen molar-refractivity contribution in [1.29, 1.82) is 0 Å². The maximum Gasteiger partial charge on any atom is 0.339 e. The lowest BCUT2D eigenvalue weighted by Crippen LogP contribution is -1.73. The van der Waals surface area contributed by atoms with Crippen molar-refractivity contribution >= 4 is 7.80 Å². The lowest BCUT2D eigenvalue weighted by atomic mass is 10.4. The SMILES string of the molecule is C=C[C@@H]1CC1[P+](C)=O. The van der Waals surface area contributed by atoms with E-state index >= 15 is 0 Å². The van der Waals surface area contributed by atoms with Crippen LogP contribution in [0.5, 0.6) is 0 Å².